The van der Waals surface area contributed by atoms with Crippen molar-refractivity contribution < 1.29 is 4.42 Å². The average molecular weight is 756 g/mol. The lowest BCUT2D eigenvalue weighted by Gasteiger charge is -2.33. The summed E-state index contributed by atoms with van der Waals surface area (Å²) >= 11 is 0. The van der Waals surface area contributed by atoms with Crippen molar-refractivity contribution in [1.82, 2.24) is 0 Å². The number of furan rings is 1. The normalized spacial score (nSPS) is 11.9. The van der Waals surface area contributed by atoms with E-state index in [2.05, 4.69) is 0 Å². The molecule has 0 saturated carbocycles. The summed E-state index contributed by atoms with van der Waals surface area (Å²) in [5.74, 6) is 0. The Morgan fingerprint density at radius 1 is 0.138 bits per heavy atom. The van der Waals surface area contributed by atoms with Gasteiger partial charge in [-0.1, -0.05) is 71.0 Å². The predicted octanol–water partition coefficient (Wildman–Crippen LogP) is -17.4. The van der Waals surface area contributed by atoms with Crippen molar-refractivity contribution in [2.75, 3.05) is 0 Å². The van der Waals surface area contributed by atoms with E-state index in [-0.39, 0.29) is 218 Å². The zero-order chi connectivity index (χ0) is 47.8. The van der Waals surface area contributed by atoms with Crippen LogP contribution < -0.4 is 131 Å². The lowest BCUT2D eigenvalue weighted by atomic mass is 9.56. The highest BCUT2D eigenvalue weighted by Gasteiger charge is 2.31. The first kappa shape index (κ1) is 46.3. The monoisotopic (exact) mass is 760 g/mol. The molecule has 65 heavy (non-hydrogen) atoms. The molecule has 0 N–H and O–H groups in total. The maximum atomic E-state index is 7.31. The van der Waals surface area contributed by atoms with Crippen molar-refractivity contribution in [3.63, 3.8) is 0 Å². The van der Waals surface area contributed by atoms with Gasteiger partial charge in [0.15, 0.2) is 0 Å². The van der Waals surface area contributed by atoms with Gasteiger partial charge in [0.25, 0.3) is 0 Å². The topological polar surface area (TPSA) is 13.1 Å². The molecule has 1 heterocycles. The summed E-state index contributed by atoms with van der Waals surface area (Å²) in [6.07, 6.45) is 0. The summed E-state index contributed by atoms with van der Waals surface area (Å²) in [6, 6.07) is 0. The summed E-state index contributed by atoms with van der Waals surface area (Å²) < 4.78 is 6.32. The lowest BCUT2D eigenvalue weighted by Crippen LogP contribution is -2.52. The number of rotatable bonds is 2. The molecular formula is C40B24O. The number of fused-ring (bicyclic) bond motifs is 8. The average Bonchev–Trinajstić information content (AvgIpc) is 3.69. The van der Waals surface area contributed by atoms with Crippen molar-refractivity contribution in [2.45, 2.75) is 0 Å². The third-order valence-corrected chi connectivity index (χ3v) is 12.8. The molecule has 48 radical (unpaired) electrons. The highest BCUT2D eigenvalue weighted by molar-refractivity contribution is 6.77. The minimum absolute atomic E-state index is 0.00109. The molecule has 0 amide bonds. The van der Waals surface area contributed by atoms with Gasteiger partial charge in [0.05, 0.1) is 0 Å². The van der Waals surface area contributed by atoms with E-state index in [4.69, 9.17) is 193 Å². The van der Waals surface area contributed by atoms with Gasteiger partial charge in [0.1, 0.15) is 199 Å². The highest BCUT2D eigenvalue weighted by Crippen LogP contribution is 2.42. The molecule has 0 aliphatic carbocycles. The van der Waals surface area contributed by atoms with Crippen molar-refractivity contribution in [3.05, 3.63) is 0 Å². The van der Waals surface area contributed by atoms with Crippen LogP contribution in [0.1, 0.15) is 0 Å². The Bertz CT molecular complexity index is 3740. The number of hydrogen-bond donors (Lipinski definition) is 0. The molecule has 0 bridgehead atoms. The van der Waals surface area contributed by atoms with Gasteiger partial charge in [0, 0.05) is 10.8 Å². The Labute approximate surface area is 408 Å². The van der Waals surface area contributed by atoms with Crippen LogP contribution in [0.25, 0.3) is 87.3 Å². The largest absolute Gasteiger partial charge is 0.457 e. The van der Waals surface area contributed by atoms with Gasteiger partial charge in [0.2, 0.25) is 0 Å². The molecule has 238 valence electrons. The van der Waals surface area contributed by atoms with E-state index >= 15 is 0 Å². The van der Waals surface area contributed by atoms with E-state index < -0.39 is 0 Å². The van der Waals surface area contributed by atoms with Crippen molar-refractivity contribution in [2.24, 2.45) is 0 Å². The first-order chi connectivity index (χ1) is 30.3. The van der Waals surface area contributed by atoms with Crippen molar-refractivity contribution in [3.8, 4) is 22.3 Å². The third-order valence-electron chi connectivity index (χ3n) is 12.8. The summed E-state index contributed by atoms with van der Waals surface area (Å²) in [5, 5.41) is 0.776. The smallest absolute Gasteiger partial charge is 0.128 e. The molecular weight excluding hydrogens is 756 g/mol. The SMILES string of the molecule is [B]c1c([B])c([B])c2c(oc3c([B])c(-c4c5c([B])c([B])c([B])c([B])c5c(-c5c([B])c6c([B])c([B])c([B])c([B])c6c6c([B])c([B])c([B])c([B])c56)c5c([B])c([B])c([B])c([B])c45)c([B])c([B])c32)c1[B]. The van der Waals surface area contributed by atoms with Gasteiger partial charge in [-0.3, -0.25) is 0 Å². The van der Waals surface area contributed by atoms with Gasteiger partial charge < -0.3 is 4.42 Å². The summed E-state index contributed by atoms with van der Waals surface area (Å²) in [4.78, 5) is 0. The molecule has 0 aliphatic rings. The molecule has 1 aromatic heterocycles. The molecule has 0 fully saturated rings. The summed E-state index contributed by atoms with van der Waals surface area (Å²) in [6.45, 7) is 0. The molecule has 1 nitrogen and oxygen atoms in total. The molecule has 0 aliphatic heterocycles. The second kappa shape index (κ2) is 15.3. The molecule has 0 spiro atoms. The van der Waals surface area contributed by atoms with Gasteiger partial charge in [-0.25, -0.2) is 0 Å². The predicted molar refractivity (Wildman–Crippen MR) is 304 cm³/mol. The quantitative estimate of drug-likeness (QED) is 0.0973. The second-order valence-electron chi connectivity index (χ2n) is 15.9. The van der Waals surface area contributed by atoms with Crippen LogP contribution in [-0.4, -0.2) is 188 Å². The van der Waals surface area contributed by atoms with Crippen LogP contribution in [0, 0.1) is 0 Å². The number of benzene rings is 8. The van der Waals surface area contributed by atoms with Crippen LogP contribution in [0.2, 0.25) is 0 Å². The lowest BCUT2D eigenvalue weighted by molar-refractivity contribution is 0.675. The van der Waals surface area contributed by atoms with Gasteiger partial charge in [-0.15, -0.1) is 54.6 Å². The molecule has 8 aromatic carbocycles. The first-order valence-corrected chi connectivity index (χ1v) is 19.1. The van der Waals surface area contributed by atoms with E-state index in [0.29, 0.717) is 0 Å². The minimum Gasteiger partial charge on any atom is -0.457 e. The third kappa shape index (κ3) is 5.75. The standard InChI is InChI=1S/C40B24O/c41-15-3(8-9(21(47)33(59)32(58)20(8)46)10-12(15)24(50)35(61)34(60)22(10)48)1-4-6(18(44)30(56)28(54)16(4)42)2(7-5(1)17(43)29(55)31(57)19(7)45)11-23(49)25(51)13-14-26(52)36(62)37(63)38(64)40(14)65-39(13)27(11)53. The Hall–Kier alpha value is -3.84. The van der Waals surface area contributed by atoms with Crippen LogP contribution in [-0.2, 0) is 0 Å². The number of hydrogen-bond acceptors (Lipinski definition) is 1. The first-order valence-electron chi connectivity index (χ1n) is 19.1. The van der Waals surface area contributed by atoms with Crippen molar-refractivity contribution >= 4 is 384 Å². The van der Waals surface area contributed by atoms with Gasteiger partial charge in [-0.2, -0.15) is 0 Å². The van der Waals surface area contributed by atoms with Crippen LogP contribution in [0.5, 0.6) is 0 Å². The zero-order valence-electron chi connectivity index (χ0n) is 34.3. The second-order valence-corrected chi connectivity index (χ2v) is 15.9. The Balaban J connectivity index is 1.68. The molecule has 9 aromatic rings. The zero-order valence-corrected chi connectivity index (χ0v) is 34.3. The van der Waals surface area contributed by atoms with E-state index in [1.807, 2.05) is 0 Å². The Kier molecular flexibility index (Phi) is 10.9. The molecule has 0 atom stereocenters. The van der Waals surface area contributed by atoms with E-state index in [1.165, 1.54) is 0 Å². The van der Waals surface area contributed by atoms with Crippen LogP contribution in [0.4, 0.5) is 0 Å². The molecule has 0 unspecified atom stereocenters. The fourth-order valence-corrected chi connectivity index (χ4v) is 9.35. The van der Waals surface area contributed by atoms with Crippen LogP contribution in [0.15, 0.2) is 4.42 Å². The van der Waals surface area contributed by atoms with Crippen molar-refractivity contribution in [1.29, 1.82) is 0 Å². The van der Waals surface area contributed by atoms with E-state index in [1.54, 1.807) is 0 Å². The van der Waals surface area contributed by atoms with Gasteiger partial charge >= 0.3 is 0 Å². The molecule has 9 rings (SSSR count). The van der Waals surface area contributed by atoms with E-state index in [9.17, 15) is 0 Å². The van der Waals surface area contributed by atoms with Gasteiger partial charge in [-0.05, 0) is 70.8 Å². The minimum atomic E-state index is -0.175. The molecule has 0 saturated heterocycles. The van der Waals surface area contributed by atoms with Crippen LogP contribution in [0.3, 0.4) is 0 Å². The highest BCUT2D eigenvalue weighted by atomic mass is 16.3. The molecule has 25 heteroatoms. The summed E-state index contributed by atoms with van der Waals surface area (Å²) in [5.41, 5.74) is -2.83. The van der Waals surface area contributed by atoms with Crippen LogP contribution >= 0.6 is 0 Å². The Morgan fingerprint density at radius 3 is 0.738 bits per heavy atom. The summed E-state index contributed by atoms with van der Waals surface area (Å²) in [7, 11) is 162. The van der Waals surface area contributed by atoms with E-state index in [0.717, 1.165) is 0 Å². The fraction of sp³-hybridized carbons (Fsp3) is 0. The maximum Gasteiger partial charge on any atom is 0.128 e. The maximum absolute atomic E-state index is 7.31. The Morgan fingerprint density at radius 2 is 0.369 bits per heavy atom. The fourth-order valence-electron chi connectivity index (χ4n) is 9.35.